The van der Waals surface area contributed by atoms with Crippen molar-refractivity contribution in [1.82, 2.24) is 4.98 Å². The largest absolute Gasteiger partial charge is 0.398 e. The van der Waals surface area contributed by atoms with Gasteiger partial charge >= 0.3 is 0 Å². The van der Waals surface area contributed by atoms with Gasteiger partial charge in [0.05, 0.1) is 5.69 Å². The van der Waals surface area contributed by atoms with Crippen LogP contribution in [0.15, 0.2) is 66.9 Å². The highest BCUT2D eigenvalue weighted by molar-refractivity contribution is 5.78. The molecule has 29 heavy (non-hydrogen) atoms. The molecule has 0 bridgehead atoms. The van der Waals surface area contributed by atoms with Crippen molar-refractivity contribution in [3.05, 3.63) is 78.0 Å². The molecule has 4 rings (SSSR count). The molecule has 0 aliphatic carbocycles. The predicted molar refractivity (Wildman–Crippen MR) is 119 cm³/mol. The lowest BCUT2D eigenvalue weighted by Gasteiger charge is -2.29. The SMILES string of the molecule is Nc1ccc(N2CCCCC2)cc1-c1cc(C(CC=O)c2ccccc2)ccn1. The Balaban J connectivity index is 1.70. The predicted octanol–water partition coefficient (Wildman–Crippen LogP) is 5.04. The van der Waals surface area contributed by atoms with E-state index in [9.17, 15) is 4.79 Å². The maximum Gasteiger partial charge on any atom is 0.120 e. The van der Waals surface area contributed by atoms with E-state index in [1.54, 1.807) is 0 Å². The highest BCUT2D eigenvalue weighted by Crippen LogP contribution is 2.33. The van der Waals surface area contributed by atoms with Gasteiger partial charge in [-0.05, 0) is 60.7 Å². The molecule has 1 aliphatic heterocycles. The topological polar surface area (TPSA) is 59.2 Å². The molecule has 0 saturated carbocycles. The number of carbonyl (C=O) groups excluding carboxylic acids is 1. The first-order chi connectivity index (χ1) is 14.3. The molecule has 1 unspecified atom stereocenters. The molecule has 148 valence electrons. The highest BCUT2D eigenvalue weighted by atomic mass is 16.1. The zero-order chi connectivity index (χ0) is 20.1. The van der Waals surface area contributed by atoms with Gasteiger partial charge in [0.25, 0.3) is 0 Å². The smallest absolute Gasteiger partial charge is 0.120 e. The maximum atomic E-state index is 11.3. The lowest BCUT2D eigenvalue weighted by molar-refractivity contribution is -0.108. The van der Waals surface area contributed by atoms with E-state index in [0.29, 0.717) is 6.42 Å². The van der Waals surface area contributed by atoms with E-state index < -0.39 is 0 Å². The summed E-state index contributed by atoms with van der Waals surface area (Å²) < 4.78 is 0. The Kier molecular flexibility index (Phi) is 5.89. The minimum absolute atomic E-state index is 0.0157. The molecule has 3 aromatic rings. The van der Waals surface area contributed by atoms with Crippen molar-refractivity contribution in [2.75, 3.05) is 23.7 Å². The van der Waals surface area contributed by atoms with E-state index in [0.717, 1.165) is 47.4 Å². The number of pyridine rings is 1. The Morgan fingerprint density at radius 3 is 2.52 bits per heavy atom. The van der Waals surface area contributed by atoms with Crippen LogP contribution >= 0.6 is 0 Å². The monoisotopic (exact) mass is 385 g/mol. The second-order valence-electron chi connectivity index (χ2n) is 7.66. The number of aromatic nitrogens is 1. The molecule has 1 atom stereocenters. The van der Waals surface area contributed by atoms with E-state index in [-0.39, 0.29) is 5.92 Å². The molecule has 0 amide bonds. The van der Waals surface area contributed by atoms with Crippen LogP contribution in [0.4, 0.5) is 11.4 Å². The van der Waals surface area contributed by atoms with Crippen molar-refractivity contribution < 1.29 is 4.79 Å². The van der Waals surface area contributed by atoms with Crippen molar-refractivity contribution in [2.24, 2.45) is 0 Å². The van der Waals surface area contributed by atoms with Crippen LogP contribution in [0.2, 0.25) is 0 Å². The summed E-state index contributed by atoms with van der Waals surface area (Å²) in [5, 5.41) is 0. The summed E-state index contributed by atoms with van der Waals surface area (Å²) in [6.45, 7) is 2.18. The number of carbonyl (C=O) groups is 1. The number of piperidine rings is 1. The Labute approximate surface area is 172 Å². The second kappa shape index (κ2) is 8.91. The fourth-order valence-corrected chi connectivity index (χ4v) is 4.17. The third-order valence-electron chi connectivity index (χ3n) is 5.75. The van der Waals surface area contributed by atoms with Crippen molar-refractivity contribution in [3.8, 4) is 11.3 Å². The van der Waals surface area contributed by atoms with E-state index in [1.165, 1.54) is 24.9 Å². The second-order valence-corrected chi connectivity index (χ2v) is 7.66. The zero-order valence-electron chi connectivity index (χ0n) is 16.6. The number of hydrogen-bond donors (Lipinski definition) is 1. The van der Waals surface area contributed by atoms with Crippen molar-refractivity contribution in [3.63, 3.8) is 0 Å². The molecule has 0 radical (unpaired) electrons. The summed E-state index contributed by atoms with van der Waals surface area (Å²) in [7, 11) is 0. The summed E-state index contributed by atoms with van der Waals surface area (Å²) in [6, 6.07) is 20.5. The summed E-state index contributed by atoms with van der Waals surface area (Å²) in [4.78, 5) is 18.4. The summed E-state index contributed by atoms with van der Waals surface area (Å²) in [5.41, 5.74) is 12.3. The van der Waals surface area contributed by atoms with E-state index in [2.05, 4.69) is 40.2 Å². The minimum atomic E-state index is 0.0157. The van der Waals surface area contributed by atoms with Gasteiger partial charge in [-0.1, -0.05) is 30.3 Å². The van der Waals surface area contributed by atoms with Gasteiger partial charge in [-0.2, -0.15) is 0 Å². The van der Waals surface area contributed by atoms with Gasteiger partial charge in [-0.25, -0.2) is 0 Å². The fraction of sp³-hybridized carbons (Fsp3) is 0.280. The van der Waals surface area contributed by atoms with Crippen LogP contribution < -0.4 is 10.6 Å². The van der Waals surface area contributed by atoms with Crippen LogP contribution in [-0.2, 0) is 4.79 Å². The van der Waals surface area contributed by atoms with Crippen molar-refractivity contribution >= 4 is 17.7 Å². The number of hydrogen-bond acceptors (Lipinski definition) is 4. The molecule has 1 aliphatic rings. The summed E-state index contributed by atoms with van der Waals surface area (Å²) in [6.07, 6.45) is 7.02. The molecular weight excluding hydrogens is 358 g/mol. The number of aldehydes is 1. The van der Waals surface area contributed by atoms with Crippen molar-refractivity contribution in [1.29, 1.82) is 0 Å². The first kappa shape index (κ1) is 19.2. The quantitative estimate of drug-likeness (QED) is 0.477. The van der Waals surface area contributed by atoms with E-state index in [1.807, 2.05) is 36.5 Å². The standard InChI is InChI=1S/C25H27N3O/c26-24-10-9-21(28-14-5-2-6-15-28)18-23(24)25-17-20(11-13-27-25)22(12-16-29)19-7-3-1-4-8-19/h1,3-4,7-11,13,16-18,22H,2,5-6,12,14-15,26H2. The van der Waals surface area contributed by atoms with Crippen LogP contribution in [-0.4, -0.2) is 24.4 Å². The highest BCUT2D eigenvalue weighted by Gasteiger charge is 2.17. The first-order valence-electron chi connectivity index (χ1n) is 10.4. The fourth-order valence-electron chi connectivity index (χ4n) is 4.17. The molecular formula is C25H27N3O. The molecule has 2 heterocycles. The average Bonchev–Trinajstić information content (AvgIpc) is 2.79. The van der Waals surface area contributed by atoms with E-state index in [4.69, 9.17) is 5.73 Å². The number of nitrogens with two attached hydrogens (primary N) is 1. The van der Waals surface area contributed by atoms with Gasteiger partial charge in [0.1, 0.15) is 6.29 Å². The molecule has 4 heteroatoms. The number of rotatable bonds is 6. The zero-order valence-corrected chi connectivity index (χ0v) is 16.6. The first-order valence-corrected chi connectivity index (χ1v) is 10.4. The van der Waals surface area contributed by atoms with Gasteiger partial charge in [0.2, 0.25) is 0 Å². The Morgan fingerprint density at radius 1 is 0.966 bits per heavy atom. The molecule has 2 aromatic carbocycles. The number of benzene rings is 2. The molecule has 1 saturated heterocycles. The van der Waals surface area contributed by atoms with E-state index >= 15 is 0 Å². The molecule has 1 fully saturated rings. The van der Waals surface area contributed by atoms with Crippen LogP contribution in [0.25, 0.3) is 11.3 Å². The molecule has 0 spiro atoms. The van der Waals surface area contributed by atoms with Gasteiger partial charge in [0.15, 0.2) is 0 Å². The van der Waals surface area contributed by atoms with Crippen LogP contribution in [0.1, 0.15) is 42.7 Å². The Bertz CT molecular complexity index is 965. The normalized spacial score (nSPS) is 15.1. The third kappa shape index (κ3) is 4.32. The summed E-state index contributed by atoms with van der Waals surface area (Å²) in [5.74, 6) is 0.0157. The molecule has 2 N–H and O–H groups in total. The number of nitrogen functional groups attached to an aromatic ring is 1. The maximum absolute atomic E-state index is 11.3. The van der Waals surface area contributed by atoms with Crippen LogP contribution in [0.5, 0.6) is 0 Å². The lowest BCUT2D eigenvalue weighted by atomic mass is 9.88. The lowest BCUT2D eigenvalue weighted by Crippen LogP contribution is -2.29. The minimum Gasteiger partial charge on any atom is -0.398 e. The number of nitrogens with zero attached hydrogens (tertiary/aromatic N) is 2. The summed E-state index contributed by atoms with van der Waals surface area (Å²) >= 11 is 0. The van der Waals surface area contributed by atoms with Gasteiger partial charge in [-0.3, -0.25) is 4.98 Å². The van der Waals surface area contributed by atoms with Gasteiger partial charge in [-0.15, -0.1) is 0 Å². The van der Waals surface area contributed by atoms with Crippen LogP contribution in [0.3, 0.4) is 0 Å². The molecule has 4 nitrogen and oxygen atoms in total. The third-order valence-corrected chi connectivity index (χ3v) is 5.75. The van der Waals surface area contributed by atoms with Crippen LogP contribution in [0, 0.1) is 0 Å². The Morgan fingerprint density at radius 2 is 1.76 bits per heavy atom. The van der Waals surface area contributed by atoms with Gasteiger partial charge < -0.3 is 15.4 Å². The molecule has 1 aromatic heterocycles. The van der Waals surface area contributed by atoms with Crippen molar-refractivity contribution in [2.45, 2.75) is 31.6 Å². The number of anilines is 2. The average molecular weight is 386 g/mol. The van der Waals surface area contributed by atoms with Gasteiger partial charge in [0, 0.05) is 48.6 Å². The Hall–Kier alpha value is -3.14.